The van der Waals surface area contributed by atoms with Crippen molar-refractivity contribution in [1.29, 1.82) is 0 Å². The fraction of sp³-hybridized carbons (Fsp3) is 0.364. The molecule has 172 valence electrons. The van der Waals surface area contributed by atoms with Crippen molar-refractivity contribution in [2.24, 2.45) is 7.05 Å². The monoisotopic (exact) mass is 452 g/mol. The average molecular weight is 452 g/mol. The van der Waals surface area contributed by atoms with Gasteiger partial charge in [0.1, 0.15) is 22.6 Å². The molecule has 0 atom stereocenters. The van der Waals surface area contributed by atoms with Gasteiger partial charge in [0.15, 0.2) is 18.6 Å². The molecule has 0 bridgehead atoms. The standard InChI is InChI=1S/C22H23F3N2O5/c1-5-14-9-16-19(20(17(11-28)26(16)2)32-12-22(23,24)25)21(29)27(14)10-13-8-15(30-3)6-7-18(13)31-4/h6-9,11H,5,10,12H2,1-4H3. The molecular weight excluding hydrogens is 429 g/mol. The number of pyridine rings is 1. The summed E-state index contributed by atoms with van der Waals surface area (Å²) in [4.78, 5) is 25.1. The number of nitrogens with zero attached hydrogens (tertiary/aromatic N) is 2. The number of carbonyl (C=O) groups is 1. The van der Waals surface area contributed by atoms with Crippen LogP contribution in [0.5, 0.6) is 17.2 Å². The van der Waals surface area contributed by atoms with Crippen LogP contribution in [-0.2, 0) is 20.0 Å². The zero-order valence-corrected chi connectivity index (χ0v) is 18.1. The third kappa shape index (κ3) is 4.30. The maximum atomic E-state index is 13.5. The van der Waals surface area contributed by atoms with Crippen LogP contribution in [0.3, 0.4) is 0 Å². The number of carbonyl (C=O) groups excluding carboxylic acids is 1. The maximum Gasteiger partial charge on any atom is 0.422 e. The second-order valence-corrected chi connectivity index (χ2v) is 7.11. The quantitative estimate of drug-likeness (QED) is 0.487. The van der Waals surface area contributed by atoms with Crippen molar-refractivity contribution in [2.45, 2.75) is 26.1 Å². The summed E-state index contributed by atoms with van der Waals surface area (Å²) in [7, 11) is 4.51. The third-order valence-corrected chi connectivity index (χ3v) is 5.22. The van der Waals surface area contributed by atoms with E-state index in [1.807, 2.05) is 6.92 Å². The van der Waals surface area contributed by atoms with E-state index in [1.54, 1.807) is 24.3 Å². The SMILES string of the molecule is CCc1cc2c(c(OCC(F)(F)F)c(C=O)n2C)c(=O)n1Cc1cc(OC)ccc1OC. The van der Waals surface area contributed by atoms with E-state index in [1.165, 1.54) is 30.4 Å². The van der Waals surface area contributed by atoms with E-state index >= 15 is 0 Å². The van der Waals surface area contributed by atoms with Crippen LogP contribution in [0.15, 0.2) is 29.1 Å². The predicted molar refractivity (Wildman–Crippen MR) is 112 cm³/mol. The lowest BCUT2D eigenvalue weighted by Gasteiger charge is -2.16. The number of rotatable bonds is 8. The van der Waals surface area contributed by atoms with Crippen LogP contribution >= 0.6 is 0 Å². The van der Waals surface area contributed by atoms with Gasteiger partial charge in [0, 0.05) is 18.3 Å². The molecule has 2 aromatic heterocycles. The van der Waals surface area contributed by atoms with Gasteiger partial charge < -0.3 is 23.3 Å². The summed E-state index contributed by atoms with van der Waals surface area (Å²) in [6.07, 6.45) is -3.78. The fourth-order valence-corrected chi connectivity index (χ4v) is 3.65. The number of halogens is 3. The van der Waals surface area contributed by atoms with Gasteiger partial charge in [0.05, 0.1) is 26.3 Å². The zero-order chi connectivity index (χ0) is 23.6. The Morgan fingerprint density at radius 2 is 1.84 bits per heavy atom. The number of ether oxygens (including phenoxy) is 3. The van der Waals surface area contributed by atoms with Gasteiger partial charge in [0.2, 0.25) is 0 Å². The second-order valence-electron chi connectivity index (χ2n) is 7.11. The number of benzene rings is 1. The minimum Gasteiger partial charge on any atom is -0.497 e. The molecule has 3 rings (SSSR count). The third-order valence-electron chi connectivity index (χ3n) is 5.22. The van der Waals surface area contributed by atoms with Gasteiger partial charge in [-0.1, -0.05) is 6.92 Å². The van der Waals surface area contributed by atoms with E-state index in [0.717, 1.165) is 0 Å². The first-order valence-corrected chi connectivity index (χ1v) is 9.75. The Morgan fingerprint density at radius 3 is 2.41 bits per heavy atom. The lowest BCUT2D eigenvalue weighted by Crippen LogP contribution is -2.25. The molecule has 0 aliphatic heterocycles. The summed E-state index contributed by atoms with van der Waals surface area (Å²) < 4.78 is 56.8. The zero-order valence-electron chi connectivity index (χ0n) is 18.1. The topological polar surface area (TPSA) is 71.7 Å². The number of fused-ring (bicyclic) bond motifs is 1. The van der Waals surface area contributed by atoms with Crippen LogP contribution in [0, 0.1) is 0 Å². The number of hydrogen-bond acceptors (Lipinski definition) is 5. The highest BCUT2D eigenvalue weighted by Gasteiger charge is 2.31. The van der Waals surface area contributed by atoms with Gasteiger partial charge >= 0.3 is 6.18 Å². The van der Waals surface area contributed by atoms with Crippen LogP contribution in [-0.4, -0.2) is 42.4 Å². The molecule has 0 aliphatic rings. The largest absolute Gasteiger partial charge is 0.497 e. The minimum atomic E-state index is -4.63. The molecular formula is C22H23F3N2O5. The Hall–Kier alpha value is -3.43. The van der Waals surface area contributed by atoms with Crippen LogP contribution < -0.4 is 19.8 Å². The number of aryl methyl sites for hydroxylation is 2. The summed E-state index contributed by atoms with van der Waals surface area (Å²) >= 11 is 0. The van der Waals surface area contributed by atoms with E-state index in [4.69, 9.17) is 14.2 Å². The first kappa shape index (κ1) is 23.2. The Labute approximate surface area is 181 Å². The highest BCUT2D eigenvalue weighted by atomic mass is 19.4. The molecule has 0 unspecified atom stereocenters. The van der Waals surface area contributed by atoms with Crippen molar-refractivity contribution in [3.63, 3.8) is 0 Å². The van der Waals surface area contributed by atoms with Crippen molar-refractivity contribution in [3.05, 3.63) is 51.6 Å². The molecule has 7 nitrogen and oxygen atoms in total. The minimum absolute atomic E-state index is 0.0853. The molecule has 3 aromatic rings. The van der Waals surface area contributed by atoms with Gasteiger partial charge in [-0.15, -0.1) is 0 Å². The van der Waals surface area contributed by atoms with Crippen LogP contribution in [0.1, 0.15) is 28.7 Å². The molecule has 0 amide bonds. The molecule has 32 heavy (non-hydrogen) atoms. The normalized spacial score (nSPS) is 11.6. The van der Waals surface area contributed by atoms with Crippen LogP contribution in [0.2, 0.25) is 0 Å². The van der Waals surface area contributed by atoms with Gasteiger partial charge in [0.25, 0.3) is 5.56 Å². The van der Waals surface area contributed by atoms with Crippen molar-refractivity contribution in [1.82, 2.24) is 9.13 Å². The van der Waals surface area contributed by atoms with Gasteiger partial charge in [-0.05, 0) is 30.7 Å². The molecule has 0 aliphatic carbocycles. The Bertz CT molecular complexity index is 1210. The van der Waals surface area contributed by atoms with E-state index in [0.29, 0.717) is 41.0 Å². The fourth-order valence-electron chi connectivity index (χ4n) is 3.65. The summed E-state index contributed by atoms with van der Waals surface area (Å²) in [5.74, 6) is 0.703. The lowest BCUT2D eigenvalue weighted by molar-refractivity contribution is -0.153. The predicted octanol–water partition coefficient (Wildman–Crippen LogP) is 3.72. The smallest absolute Gasteiger partial charge is 0.422 e. The van der Waals surface area contributed by atoms with E-state index < -0.39 is 18.3 Å². The second kappa shape index (κ2) is 8.97. The number of alkyl halides is 3. The Kier molecular flexibility index (Phi) is 6.52. The van der Waals surface area contributed by atoms with Crippen molar-refractivity contribution in [2.75, 3.05) is 20.8 Å². The van der Waals surface area contributed by atoms with Crippen LogP contribution in [0.4, 0.5) is 13.2 Å². The Morgan fingerprint density at radius 1 is 1.12 bits per heavy atom. The van der Waals surface area contributed by atoms with Gasteiger partial charge in [-0.25, -0.2) is 0 Å². The summed E-state index contributed by atoms with van der Waals surface area (Å²) in [6, 6.07) is 6.81. The first-order valence-electron chi connectivity index (χ1n) is 9.75. The molecule has 2 heterocycles. The molecule has 1 aromatic carbocycles. The van der Waals surface area contributed by atoms with Crippen molar-refractivity contribution >= 4 is 17.2 Å². The summed E-state index contributed by atoms with van der Waals surface area (Å²) in [5, 5.41) is -0.0853. The van der Waals surface area contributed by atoms with Crippen LogP contribution in [0.25, 0.3) is 10.9 Å². The van der Waals surface area contributed by atoms with Crippen molar-refractivity contribution < 1.29 is 32.2 Å². The molecule has 0 radical (unpaired) electrons. The van der Waals surface area contributed by atoms with Gasteiger partial charge in [-0.2, -0.15) is 13.2 Å². The number of aromatic nitrogens is 2. The number of aldehydes is 1. The molecule has 0 spiro atoms. The highest BCUT2D eigenvalue weighted by Crippen LogP contribution is 2.32. The molecule has 0 saturated heterocycles. The Balaban J connectivity index is 2.25. The summed E-state index contributed by atoms with van der Waals surface area (Å²) in [6.45, 7) is 0.318. The van der Waals surface area contributed by atoms with E-state index in [-0.39, 0.29) is 23.4 Å². The molecule has 10 heteroatoms. The lowest BCUT2D eigenvalue weighted by atomic mass is 10.1. The van der Waals surface area contributed by atoms with E-state index in [2.05, 4.69) is 0 Å². The van der Waals surface area contributed by atoms with Crippen molar-refractivity contribution in [3.8, 4) is 17.2 Å². The molecule has 0 fully saturated rings. The molecule has 0 N–H and O–H groups in total. The van der Waals surface area contributed by atoms with Gasteiger partial charge in [-0.3, -0.25) is 9.59 Å². The number of hydrogen-bond donors (Lipinski definition) is 0. The van der Waals surface area contributed by atoms with E-state index in [9.17, 15) is 22.8 Å². The molecule has 0 saturated carbocycles. The average Bonchev–Trinajstić information content (AvgIpc) is 3.04. The maximum absolute atomic E-state index is 13.5. The highest BCUT2D eigenvalue weighted by molar-refractivity contribution is 5.96. The number of methoxy groups -OCH3 is 2. The first-order chi connectivity index (χ1) is 15.1. The summed E-state index contributed by atoms with van der Waals surface area (Å²) in [5.41, 5.74) is 0.894.